The van der Waals surface area contributed by atoms with Crippen molar-refractivity contribution < 1.29 is 0 Å². The monoisotopic (exact) mass is 997 g/mol. The average molecular weight is 997 g/mol. The van der Waals surface area contributed by atoms with Crippen molar-refractivity contribution in [3.63, 3.8) is 0 Å². The summed E-state index contributed by atoms with van der Waals surface area (Å²) in [6.07, 6.45) is 0. The van der Waals surface area contributed by atoms with Crippen LogP contribution in [-0.2, 0) is 27.1 Å². The first-order valence-corrected chi connectivity index (χ1v) is 27.9. The minimum Gasteiger partial charge on any atom is -0.309 e. The SMILES string of the molecule is CC(C)(C)c1ccc2c(c1)c1cc(C(C)(C)C)ccc1n2-c1cc2c(cc1-c1cccc3c(-c4ccccc4)cccc13)C1(c3ccccc3-c3ccccc31)c1cc(C(C)(C)C)cc3c4cc(C(C)(C)C)ccc4n-2c13. The molecule has 2 aliphatic rings. The summed E-state index contributed by atoms with van der Waals surface area (Å²) >= 11 is 0. The van der Waals surface area contributed by atoms with Crippen LogP contribution in [0.2, 0.25) is 0 Å². The van der Waals surface area contributed by atoms with E-state index in [2.05, 4.69) is 286 Å². The highest BCUT2D eigenvalue weighted by molar-refractivity contribution is 6.15. The Bertz CT molecular complexity index is 4350. The first-order valence-electron chi connectivity index (χ1n) is 27.9. The van der Waals surface area contributed by atoms with Gasteiger partial charge in [0.1, 0.15) is 0 Å². The molecule has 0 bridgehead atoms. The average Bonchev–Trinajstić information content (AvgIpc) is 4.26. The highest BCUT2D eigenvalue weighted by Crippen LogP contribution is 2.63. The molecule has 2 heteroatoms. The Kier molecular flexibility index (Phi) is 9.91. The van der Waals surface area contributed by atoms with Gasteiger partial charge < -0.3 is 9.13 Å². The molecule has 0 unspecified atom stereocenters. The van der Waals surface area contributed by atoms with Crippen LogP contribution in [0.25, 0.3) is 99.1 Å². The van der Waals surface area contributed by atoms with Gasteiger partial charge in [0.05, 0.1) is 38.9 Å². The number of hydrogen-bond donors (Lipinski definition) is 0. The summed E-state index contributed by atoms with van der Waals surface area (Å²) in [4.78, 5) is 0. The zero-order valence-corrected chi connectivity index (χ0v) is 46.9. The largest absolute Gasteiger partial charge is 0.309 e. The van der Waals surface area contributed by atoms with Gasteiger partial charge in [0.15, 0.2) is 0 Å². The van der Waals surface area contributed by atoms with Crippen LogP contribution in [0.3, 0.4) is 0 Å². The number of nitrogens with zero attached hydrogens (tertiary/aromatic N) is 2. The zero-order valence-electron chi connectivity index (χ0n) is 46.9. The molecule has 77 heavy (non-hydrogen) atoms. The molecule has 0 atom stereocenters. The van der Waals surface area contributed by atoms with Crippen molar-refractivity contribution in [2.24, 2.45) is 0 Å². The lowest BCUT2D eigenvalue weighted by Crippen LogP contribution is -2.34. The topological polar surface area (TPSA) is 9.86 Å². The van der Waals surface area contributed by atoms with Gasteiger partial charge in [-0.25, -0.2) is 0 Å². The van der Waals surface area contributed by atoms with E-state index in [1.54, 1.807) is 0 Å². The second-order valence-corrected chi connectivity index (χ2v) is 26.6. The van der Waals surface area contributed by atoms with Gasteiger partial charge in [-0.1, -0.05) is 223 Å². The van der Waals surface area contributed by atoms with Crippen LogP contribution in [0, 0.1) is 0 Å². The molecule has 1 aliphatic carbocycles. The fourth-order valence-corrected chi connectivity index (χ4v) is 13.6. The summed E-state index contributed by atoms with van der Waals surface area (Å²) in [6.45, 7) is 28.2. The van der Waals surface area contributed by atoms with Crippen molar-refractivity contribution in [3.05, 3.63) is 239 Å². The van der Waals surface area contributed by atoms with E-state index in [0.29, 0.717) is 0 Å². The Morgan fingerprint density at radius 3 is 1.25 bits per heavy atom. The van der Waals surface area contributed by atoms with Gasteiger partial charge in [-0.2, -0.15) is 0 Å². The van der Waals surface area contributed by atoms with Crippen molar-refractivity contribution in [2.75, 3.05) is 0 Å². The quantitative estimate of drug-likeness (QED) is 0.167. The molecule has 2 nitrogen and oxygen atoms in total. The van der Waals surface area contributed by atoms with Gasteiger partial charge in [0.2, 0.25) is 0 Å². The molecule has 14 rings (SSSR count). The molecule has 10 aromatic carbocycles. The Labute approximate surface area is 454 Å². The zero-order chi connectivity index (χ0) is 53.3. The van der Waals surface area contributed by atoms with Crippen molar-refractivity contribution in [3.8, 4) is 44.8 Å². The molecule has 0 saturated heterocycles. The lowest BCUT2D eigenvalue weighted by molar-refractivity contribution is 0.588. The number of rotatable bonds is 3. The van der Waals surface area contributed by atoms with Crippen LogP contribution in [0.15, 0.2) is 194 Å². The summed E-state index contributed by atoms with van der Waals surface area (Å²) in [5, 5.41) is 7.66. The second kappa shape index (κ2) is 16.1. The maximum Gasteiger partial charge on any atom is 0.0754 e. The standard InChI is InChI=1S/C75H68N2/c1-71(2,3)46-32-35-65-56(38-46)57-39-47(72(4,5)6)33-36-66(57)76(65)68-44-69-63(43-59(68)53-29-21-27-51-50(26-20-28-52(51)53)45-22-14-13-15-23-45)75(61-30-18-16-24-54(61)55-25-17-19-31-62(55)75)64-42-49(74(10,11)12)41-60-58-40-48(73(7,8)9)34-37-67(58)77(69)70(60)64/h13-44H,1-12H3. The van der Waals surface area contributed by atoms with E-state index in [-0.39, 0.29) is 21.7 Å². The minimum absolute atomic E-state index is 0.0310. The maximum absolute atomic E-state index is 2.68. The summed E-state index contributed by atoms with van der Waals surface area (Å²) in [5.74, 6) is 0. The number of aromatic nitrogens is 2. The van der Waals surface area contributed by atoms with E-state index in [1.807, 2.05) is 0 Å². The van der Waals surface area contributed by atoms with Crippen LogP contribution in [0.1, 0.15) is 128 Å². The van der Waals surface area contributed by atoms with Gasteiger partial charge in [-0.15, -0.1) is 0 Å². The molecule has 0 fully saturated rings. The van der Waals surface area contributed by atoms with Crippen molar-refractivity contribution in [1.29, 1.82) is 0 Å². The van der Waals surface area contributed by atoms with E-state index in [9.17, 15) is 0 Å². The predicted octanol–water partition coefficient (Wildman–Crippen LogP) is 20.2. The van der Waals surface area contributed by atoms with Gasteiger partial charge >= 0.3 is 0 Å². The highest BCUT2D eigenvalue weighted by Gasteiger charge is 2.52. The van der Waals surface area contributed by atoms with Crippen molar-refractivity contribution in [1.82, 2.24) is 9.13 Å². The molecule has 0 N–H and O–H groups in total. The van der Waals surface area contributed by atoms with Gasteiger partial charge in [0.25, 0.3) is 0 Å². The minimum atomic E-state index is -0.656. The Balaban J connectivity index is 1.23. The molecule has 1 spiro atoms. The molecule has 12 aromatic rings. The summed E-state index contributed by atoms with van der Waals surface area (Å²) in [5.41, 5.74) is 24.6. The number of benzene rings is 10. The molecular weight excluding hydrogens is 929 g/mol. The molecule has 0 saturated carbocycles. The molecular formula is C75H68N2. The Hall–Kier alpha value is -7.94. The van der Waals surface area contributed by atoms with E-state index < -0.39 is 5.41 Å². The fourth-order valence-electron chi connectivity index (χ4n) is 13.6. The van der Waals surface area contributed by atoms with Crippen molar-refractivity contribution >= 4 is 54.4 Å². The Morgan fingerprint density at radius 1 is 0.273 bits per heavy atom. The first kappa shape index (κ1) is 47.5. The van der Waals surface area contributed by atoms with E-state index in [4.69, 9.17) is 0 Å². The fraction of sp³-hybridized carbons (Fsp3) is 0.227. The maximum atomic E-state index is 2.68. The van der Waals surface area contributed by atoms with E-state index >= 15 is 0 Å². The smallest absolute Gasteiger partial charge is 0.0754 e. The molecule has 0 radical (unpaired) electrons. The van der Waals surface area contributed by atoms with E-state index in [1.165, 1.54) is 144 Å². The van der Waals surface area contributed by atoms with Crippen LogP contribution in [0.5, 0.6) is 0 Å². The van der Waals surface area contributed by atoms with E-state index in [0.717, 1.165) is 0 Å². The molecule has 1 aliphatic heterocycles. The third kappa shape index (κ3) is 6.80. The highest BCUT2D eigenvalue weighted by atomic mass is 15.0. The van der Waals surface area contributed by atoms with Crippen LogP contribution in [-0.4, -0.2) is 9.13 Å². The second-order valence-electron chi connectivity index (χ2n) is 26.6. The predicted molar refractivity (Wildman–Crippen MR) is 329 cm³/mol. The molecule has 0 amide bonds. The Morgan fingerprint density at radius 2 is 0.714 bits per heavy atom. The molecule has 2 aromatic heterocycles. The summed E-state index contributed by atoms with van der Waals surface area (Å²) in [7, 11) is 0. The first-order chi connectivity index (χ1) is 36.7. The lowest BCUT2D eigenvalue weighted by Gasteiger charge is -2.41. The lowest BCUT2D eigenvalue weighted by atomic mass is 9.64. The molecule has 378 valence electrons. The summed E-state index contributed by atoms with van der Waals surface area (Å²) < 4.78 is 5.30. The van der Waals surface area contributed by atoms with Crippen LogP contribution >= 0.6 is 0 Å². The normalized spacial score (nSPS) is 14.1. The third-order valence-electron chi connectivity index (χ3n) is 17.7. The summed E-state index contributed by atoms with van der Waals surface area (Å²) in [6, 6.07) is 75.8. The molecule has 3 heterocycles. The third-order valence-corrected chi connectivity index (χ3v) is 17.7. The van der Waals surface area contributed by atoms with Crippen molar-refractivity contribution in [2.45, 2.75) is 110 Å². The number of hydrogen-bond acceptors (Lipinski definition) is 0. The number of fused-ring (bicyclic) bond motifs is 16. The van der Waals surface area contributed by atoms with Gasteiger partial charge in [-0.3, -0.25) is 0 Å². The van der Waals surface area contributed by atoms with Gasteiger partial charge in [0, 0.05) is 27.1 Å². The van der Waals surface area contributed by atoms with Crippen LogP contribution < -0.4 is 0 Å². The van der Waals surface area contributed by atoms with Gasteiger partial charge in [-0.05, 0) is 159 Å². The van der Waals surface area contributed by atoms with Crippen LogP contribution in [0.4, 0.5) is 0 Å².